The van der Waals surface area contributed by atoms with Crippen molar-refractivity contribution < 1.29 is 9.59 Å². The van der Waals surface area contributed by atoms with Gasteiger partial charge in [-0.15, -0.1) is 5.10 Å². The number of para-hydroxylation sites is 1. The van der Waals surface area contributed by atoms with Crippen molar-refractivity contribution in [3.05, 3.63) is 75.8 Å². The number of carbonyl (C=O) groups excluding carboxylic acids is 2. The van der Waals surface area contributed by atoms with Crippen LogP contribution in [0.15, 0.2) is 48.5 Å². The molecule has 0 spiro atoms. The van der Waals surface area contributed by atoms with Crippen molar-refractivity contribution >= 4 is 35.0 Å². The normalized spacial score (nSPS) is 10.6. The predicted octanol–water partition coefficient (Wildman–Crippen LogP) is 3.18. The molecular formula is C20H19Cl2N5O2. The Morgan fingerprint density at radius 2 is 1.69 bits per heavy atom. The molecule has 0 saturated carbocycles. The van der Waals surface area contributed by atoms with Crippen LogP contribution in [0.1, 0.15) is 28.9 Å². The van der Waals surface area contributed by atoms with Gasteiger partial charge < -0.3 is 10.6 Å². The van der Waals surface area contributed by atoms with Crippen LogP contribution in [0.3, 0.4) is 0 Å². The van der Waals surface area contributed by atoms with Crippen molar-refractivity contribution in [2.24, 2.45) is 0 Å². The topological polar surface area (TPSA) is 88.9 Å². The number of hydrogen-bond donors (Lipinski definition) is 2. The van der Waals surface area contributed by atoms with E-state index in [9.17, 15) is 9.59 Å². The Bertz CT molecular complexity index is 1000. The van der Waals surface area contributed by atoms with Crippen LogP contribution in [-0.4, -0.2) is 33.1 Å². The molecule has 1 aromatic heterocycles. The Hall–Kier alpha value is -2.90. The fraction of sp³-hybridized carbons (Fsp3) is 0.200. The van der Waals surface area contributed by atoms with Crippen LogP contribution in [-0.2, 0) is 17.8 Å². The Balaban J connectivity index is 1.65. The molecule has 2 N–H and O–H groups in total. The first-order valence-electron chi connectivity index (χ1n) is 8.98. The lowest BCUT2D eigenvalue weighted by atomic mass is 10.2. The molecule has 7 nitrogen and oxygen atoms in total. The first-order chi connectivity index (χ1) is 14.0. The van der Waals surface area contributed by atoms with E-state index < -0.39 is 5.91 Å². The van der Waals surface area contributed by atoms with E-state index in [0.29, 0.717) is 34.5 Å². The van der Waals surface area contributed by atoms with Gasteiger partial charge in [0.25, 0.3) is 5.91 Å². The van der Waals surface area contributed by atoms with Gasteiger partial charge in [0.2, 0.25) is 11.7 Å². The minimum absolute atomic E-state index is 0.0614. The van der Waals surface area contributed by atoms with E-state index in [0.717, 1.165) is 5.56 Å². The molecule has 150 valence electrons. The van der Waals surface area contributed by atoms with E-state index in [-0.39, 0.29) is 18.3 Å². The van der Waals surface area contributed by atoms with Crippen molar-refractivity contribution in [3.8, 4) is 5.69 Å². The summed E-state index contributed by atoms with van der Waals surface area (Å²) >= 11 is 12.5. The highest BCUT2D eigenvalue weighted by Crippen LogP contribution is 2.28. The van der Waals surface area contributed by atoms with Crippen LogP contribution >= 0.6 is 23.2 Å². The van der Waals surface area contributed by atoms with Crippen molar-refractivity contribution in [1.82, 2.24) is 25.4 Å². The third-order valence-electron chi connectivity index (χ3n) is 4.08. The summed E-state index contributed by atoms with van der Waals surface area (Å²) in [5.74, 6) is -0.407. The molecule has 29 heavy (non-hydrogen) atoms. The summed E-state index contributed by atoms with van der Waals surface area (Å²) in [6.45, 7) is 2.08. The van der Waals surface area contributed by atoms with Gasteiger partial charge in [0.15, 0.2) is 0 Å². The van der Waals surface area contributed by atoms with E-state index in [2.05, 4.69) is 20.7 Å². The van der Waals surface area contributed by atoms with Crippen molar-refractivity contribution in [2.75, 3.05) is 6.54 Å². The number of aryl methyl sites for hydroxylation is 1. The Morgan fingerprint density at radius 3 is 2.34 bits per heavy atom. The molecule has 0 aliphatic carbocycles. The third-order valence-corrected chi connectivity index (χ3v) is 4.69. The average Bonchev–Trinajstić information content (AvgIpc) is 3.15. The summed E-state index contributed by atoms with van der Waals surface area (Å²) in [5, 5.41) is 10.3. The largest absolute Gasteiger partial charge is 0.350 e. The van der Waals surface area contributed by atoms with Gasteiger partial charge in [-0.3, -0.25) is 9.59 Å². The zero-order chi connectivity index (χ0) is 20.8. The first-order valence-corrected chi connectivity index (χ1v) is 9.74. The second-order valence-electron chi connectivity index (χ2n) is 6.13. The summed E-state index contributed by atoms with van der Waals surface area (Å²) in [6.07, 6.45) is 0.513. The second kappa shape index (κ2) is 9.54. The maximum atomic E-state index is 12.4. The van der Waals surface area contributed by atoms with Crippen molar-refractivity contribution in [1.29, 1.82) is 0 Å². The molecular weight excluding hydrogens is 413 g/mol. The van der Waals surface area contributed by atoms with Crippen LogP contribution in [0.25, 0.3) is 5.69 Å². The molecule has 9 heteroatoms. The van der Waals surface area contributed by atoms with Crippen LogP contribution in [0.2, 0.25) is 10.0 Å². The molecule has 2 amide bonds. The number of aromatic nitrogens is 3. The molecule has 0 fully saturated rings. The Kier molecular flexibility index (Phi) is 6.85. The molecule has 2 aromatic carbocycles. The molecule has 1 heterocycles. The molecule has 0 saturated heterocycles. The quantitative estimate of drug-likeness (QED) is 0.600. The highest BCUT2D eigenvalue weighted by atomic mass is 35.5. The number of benzene rings is 2. The summed E-state index contributed by atoms with van der Waals surface area (Å²) in [5.41, 5.74) is 1.43. The number of nitrogens with one attached hydrogen (secondary N) is 2. The summed E-state index contributed by atoms with van der Waals surface area (Å²) in [7, 11) is 0. The summed E-state index contributed by atoms with van der Waals surface area (Å²) in [6, 6.07) is 14.6. The standard InChI is InChI=1S/C20H19Cl2N5O2/c1-2-16-25-19(26-27(16)18-14(21)9-6-10-15(18)22)20(29)24-12-17(28)23-11-13-7-4-3-5-8-13/h3-10H,2,11-12H2,1H3,(H,23,28)(H,24,29). The number of carbonyl (C=O) groups is 2. The van der Waals surface area contributed by atoms with Gasteiger partial charge in [0, 0.05) is 13.0 Å². The zero-order valence-corrected chi connectivity index (χ0v) is 17.2. The van der Waals surface area contributed by atoms with Gasteiger partial charge >= 0.3 is 0 Å². The lowest BCUT2D eigenvalue weighted by molar-refractivity contribution is -0.120. The van der Waals surface area contributed by atoms with Gasteiger partial charge in [-0.25, -0.2) is 9.67 Å². The number of rotatable bonds is 7. The average molecular weight is 432 g/mol. The minimum atomic E-state index is -0.559. The molecule has 0 aliphatic rings. The smallest absolute Gasteiger partial charge is 0.291 e. The molecule has 0 unspecified atom stereocenters. The second-order valence-corrected chi connectivity index (χ2v) is 6.95. The molecule has 0 aliphatic heterocycles. The SMILES string of the molecule is CCc1nc(C(=O)NCC(=O)NCc2ccccc2)nn1-c1c(Cl)cccc1Cl. The maximum Gasteiger partial charge on any atom is 0.291 e. The molecule has 0 atom stereocenters. The van der Waals surface area contributed by atoms with Gasteiger partial charge in [-0.2, -0.15) is 0 Å². The van der Waals surface area contributed by atoms with Crippen molar-refractivity contribution in [2.45, 2.75) is 19.9 Å². The predicted molar refractivity (Wildman–Crippen MR) is 111 cm³/mol. The van der Waals surface area contributed by atoms with Crippen molar-refractivity contribution in [3.63, 3.8) is 0 Å². The Labute approximate surface area is 178 Å². The van der Waals surface area contributed by atoms with Gasteiger partial charge in [0.05, 0.1) is 16.6 Å². The van der Waals surface area contributed by atoms with Gasteiger partial charge in [0.1, 0.15) is 11.5 Å². The molecule has 3 aromatic rings. The first kappa shape index (κ1) is 20.8. The Morgan fingerprint density at radius 1 is 1.00 bits per heavy atom. The fourth-order valence-corrected chi connectivity index (χ4v) is 3.20. The van der Waals surface area contributed by atoms with Crippen LogP contribution in [0, 0.1) is 0 Å². The van der Waals surface area contributed by atoms with E-state index in [1.165, 1.54) is 4.68 Å². The maximum absolute atomic E-state index is 12.4. The van der Waals surface area contributed by atoms with Gasteiger partial charge in [-0.05, 0) is 17.7 Å². The van der Waals surface area contributed by atoms with Crippen LogP contribution < -0.4 is 10.6 Å². The number of hydrogen-bond acceptors (Lipinski definition) is 4. The van der Waals surface area contributed by atoms with Crippen LogP contribution in [0.4, 0.5) is 0 Å². The minimum Gasteiger partial charge on any atom is -0.350 e. The van der Waals surface area contributed by atoms with E-state index in [1.54, 1.807) is 18.2 Å². The summed E-state index contributed by atoms with van der Waals surface area (Å²) in [4.78, 5) is 28.6. The molecule has 0 radical (unpaired) electrons. The summed E-state index contributed by atoms with van der Waals surface area (Å²) < 4.78 is 1.45. The van der Waals surface area contributed by atoms with Gasteiger partial charge in [-0.1, -0.05) is 66.5 Å². The monoisotopic (exact) mass is 431 g/mol. The zero-order valence-electron chi connectivity index (χ0n) is 15.7. The highest BCUT2D eigenvalue weighted by molar-refractivity contribution is 6.37. The van der Waals surface area contributed by atoms with E-state index in [1.807, 2.05) is 37.3 Å². The highest BCUT2D eigenvalue weighted by Gasteiger charge is 2.20. The third kappa shape index (κ3) is 5.13. The number of nitrogens with zero attached hydrogens (tertiary/aromatic N) is 3. The lowest BCUT2D eigenvalue weighted by Gasteiger charge is -2.08. The fourth-order valence-electron chi connectivity index (χ4n) is 2.64. The molecule has 3 rings (SSSR count). The molecule has 0 bridgehead atoms. The van der Waals surface area contributed by atoms with E-state index in [4.69, 9.17) is 23.2 Å². The lowest BCUT2D eigenvalue weighted by Crippen LogP contribution is -2.37. The van der Waals surface area contributed by atoms with E-state index >= 15 is 0 Å². The van der Waals surface area contributed by atoms with Crippen LogP contribution in [0.5, 0.6) is 0 Å². The number of halogens is 2. The number of amides is 2.